The van der Waals surface area contributed by atoms with Gasteiger partial charge < -0.3 is 4.90 Å². The van der Waals surface area contributed by atoms with E-state index in [1.165, 1.54) is 0 Å². The number of carbonyl (C=O) groups is 1. The Morgan fingerprint density at radius 1 is 1.56 bits per heavy atom. The Morgan fingerprint density at radius 2 is 2.31 bits per heavy atom. The molecule has 0 aromatic heterocycles. The van der Waals surface area contributed by atoms with Crippen LogP contribution in [0.2, 0.25) is 5.02 Å². The van der Waals surface area contributed by atoms with Gasteiger partial charge in [0.05, 0.1) is 10.7 Å². The van der Waals surface area contributed by atoms with Crippen LogP contribution < -0.4 is 4.90 Å². The molecule has 0 bridgehead atoms. The van der Waals surface area contributed by atoms with Crippen molar-refractivity contribution in [2.75, 3.05) is 17.2 Å². The number of rotatable bonds is 2. The molecule has 1 aliphatic heterocycles. The van der Waals surface area contributed by atoms with Crippen LogP contribution in [-0.2, 0) is 4.79 Å². The van der Waals surface area contributed by atoms with Crippen LogP contribution >= 0.6 is 40.2 Å². The molecule has 5 heteroatoms. The van der Waals surface area contributed by atoms with Gasteiger partial charge in [-0.3, -0.25) is 4.79 Å². The molecule has 0 spiro atoms. The summed E-state index contributed by atoms with van der Waals surface area (Å²) in [7, 11) is 0. The summed E-state index contributed by atoms with van der Waals surface area (Å²) >= 11 is 13.7. The fraction of sp³-hybridized carbons (Fsp3) is 0.364. The van der Waals surface area contributed by atoms with Gasteiger partial charge in [-0.2, -0.15) is 12.6 Å². The third-order valence-corrected chi connectivity index (χ3v) is 3.98. The van der Waals surface area contributed by atoms with Gasteiger partial charge in [-0.1, -0.05) is 27.5 Å². The lowest BCUT2D eigenvalue weighted by atomic mass is 10.1. The van der Waals surface area contributed by atoms with Crippen LogP contribution in [0.3, 0.4) is 0 Å². The summed E-state index contributed by atoms with van der Waals surface area (Å²) in [4.78, 5) is 13.5. The van der Waals surface area contributed by atoms with E-state index in [0.29, 0.717) is 23.9 Å². The Hall–Kier alpha value is -0.190. The van der Waals surface area contributed by atoms with Crippen molar-refractivity contribution in [3.8, 4) is 0 Å². The van der Waals surface area contributed by atoms with Crippen molar-refractivity contribution in [3.05, 3.63) is 27.7 Å². The van der Waals surface area contributed by atoms with E-state index in [2.05, 4.69) is 28.6 Å². The molecule has 0 aliphatic carbocycles. The van der Waals surface area contributed by atoms with Crippen molar-refractivity contribution in [3.63, 3.8) is 0 Å². The zero-order valence-electron chi connectivity index (χ0n) is 8.49. The standard InChI is InChI=1S/C11H11BrClNOS/c12-8-1-2-10(9(13)4-8)14-5-7(6-16)3-11(14)15/h1-2,4,7,16H,3,5-6H2. The van der Waals surface area contributed by atoms with Gasteiger partial charge >= 0.3 is 0 Å². The van der Waals surface area contributed by atoms with Crippen LogP contribution in [-0.4, -0.2) is 18.2 Å². The fourth-order valence-corrected chi connectivity index (χ4v) is 2.86. The molecule has 0 radical (unpaired) electrons. The zero-order chi connectivity index (χ0) is 11.7. The third-order valence-electron chi connectivity index (χ3n) is 2.66. The quantitative estimate of drug-likeness (QED) is 0.828. The maximum absolute atomic E-state index is 11.8. The second-order valence-electron chi connectivity index (χ2n) is 3.85. The highest BCUT2D eigenvalue weighted by Gasteiger charge is 2.30. The maximum atomic E-state index is 11.8. The normalized spacial score (nSPS) is 20.6. The molecule has 1 amide bonds. The fourth-order valence-electron chi connectivity index (χ4n) is 1.84. The molecule has 0 N–H and O–H groups in total. The second kappa shape index (κ2) is 4.98. The van der Waals surface area contributed by atoms with E-state index >= 15 is 0 Å². The Bertz CT molecular complexity index is 426. The number of thiol groups is 1. The predicted molar refractivity (Wildman–Crippen MR) is 73.5 cm³/mol. The summed E-state index contributed by atoms with van der Waals surface area (Å²) in [5.41, 5.74) is 0.791. The molecule has 2 nitrogen and oxygen atoms in total. The minimum atomic E-state index is 0.128. The van der Waals surface area contributed by atoms with Gasteiger partial charge in [0.15, 0.2) is 0 Å². The minimum absolute atomic E-state index is 0.128. The van der Waals surface area contributed by atoms with Crippen molar-refractivity contribution >= 4 is 51.8 Å². The largest absolute Gasteiger partial charge is 0.311 e. The van der Waals surface area contributed by atoms with Gasteiger partial charge in [0.25, 0.3) is 0 Å². The molecule has 1 atom stereocenters. The van der Waals surface area contributed by atoms with E-state index in [-0.39, 0.29) is 5.91 Å². The summed E-state index contributed by atoms with van der Waals surface area (Å²) in [6, 6.07) is 5.56. The van der Waals surface area contributed by atoms with E-state index in [9.17, 15) is 4.79 Å². The molecular formula is C11H11BrClNOS. The lowest BCUT2D eigenvalue weighted by Crippen LogP contribution is -2.24. The van der Waals surface area contributed by atoms with Crippen LogP contribution in [0.25, 0.3) is 0 Å². The molecule has 1 heterocycles. The summed E-state index contributed by atoms with van der Waals surface area (Å²) in [6.07, 6.45) is 0.565. The average Bonchev–Trinajstić information content (AvgIpc) is 2.60. The predicted octanol–water partition coefficient (Wildman–Crippen LogP) is 3.39. The number of nitrogens with zero attached hydrogens (tertiary/aromatic N) is 1. The summed E-state index contributed by atoms with van der Waals surface area (Å²) in [5.74, 6) is 1.19. The number of hydrogen-bond acceptors (Lipinski definition) is 2. The maximum Gasteiger partial charge on any atom is 0.227 e. The highest BCUT2D eigenvalue weighted by molar-refractivity contribution is 9.10. The molecule has 86 valence electrons. The van der Waals surface area contributed by atoms with Gasteiger partial charge in [0, 0.05) is 17.4 Å². The first-order chi connectivity index (χ1) is 7.61. The first kappa shape index (κ1) is 12.3. The molecule has 1 fully saturated rings. The van der Waals surface area contributed by atoms with Crippen LogP contribution in [0.5, 0.6) is 0 Å². The molecule has 16 heavy (non-hydrogen) atoms. The number of carbonyl (C=O) groups excluding carboxylic acids is 1. The summed E-state index contributed by atoms with van der Waals surface area (Å²) < 4.78 is 0.915. The molecule has 1 aromatic rings. The first-order valence-corrected chi connectivity index (χ1v) is 6.78. The second-order valence-corrected chi connectivity index (χ2v) is 5.54. The van der Waals surface area contributed by atoms with Gasteiger partial charge in [-0.05, 0) is 29.9 Å². The van der Waals surface area contributed by atoms with Crippen LogP contribution in [0.4, 0.5) is 5.69 Å². The average molecular weight is 321 g/mol. The summed E-state index contributed by atoms with van der Waals surface area (Å²) in [6.45, 7) is 0.712. The number of amides is 1. The van der Waals surface area contributed by atoms with Crippen molar-refractivity contribution < 1.29 is 4.79 Å². The molecule has 1 saturated heterocycles. The zero-order valence-corrected chi connectivity index (χ0v) is 11.7. The monoisotopic (exact) mass is 319 g/mol. The Balaban J connectivity index is 2.28. The van der Waals surface area contributed by atoms with Crippen molar-refractivity contribution in [1.82, 2.24) is 0 Å². The first-order valence-electron chi connectivity index (χ1n) is 4.98. The van der Waals surface area contributed by atoms with Crippen LogP contribution in [0.1, 0.15) is 6.42 Å². The van der Waals surface area contributed by atoms with Gasteiger partial charge in [0.2, 0.25) is 5.91 Å². The molecule has 1 aromatic carbocycles. The van der Waals surface area contributed by atoms with Crippen molar-refractivity contribution in [2.24, 2.45) is 5.92 Å². The SMILES string of the molecule is O=C1CC(CS)CN1c1ccc(Br)cc1Cl. The van der Waals surface area contributed by atoms with E-state index in [4.69, 9.17) is 11.6 Å². The van der Waals surface area contributed by atoms with Gasteiger partial charge in [-0.25, -0.2) is 0 Å². The van der Waals surface area contributed by atoms with E-state index in [1.54, 1.807) is 11.0 Å². The number of benzene rings is 1. The number of anilines is 1. The van der Waals surface area contributed by atoms with Crippen LogP contribution in [0, 0.1) is 5.92 Å². The topological polar surface area (TPSA) is 20.3 Å². The molecule has 2 rings (SSSR count). The Kier molecular flexibility index (Phi) is 3.82. The van der Waals surface area contributed by atoms with E-state index in [1.807, 2.05) is 12.1 Å². The van der Waals surface area contributed by atoms with Gasteiger partial charge in [-0.15, -0.1) is 0 Å². The van der Waals surface area contributed by atoms with Crippen molar-refractivity contribution in [1.29, 1.82) is 0 Å². The molecule has 1 aliphatic rings. The molecule has 1 unspecified atom stereocenters. The molecule has 0 saturated carbocycles. The minimum Gasteiger partial charge on any atom is -0.311 e. The number of hydrogen-bond donors (Lipinski definition) is 1. The third kappa shape index (κ3) is 2.39. The van der Waals surface area contributed by atoms with E-state index < -0.39 is 0 Å². The van der Waals surface area contributed by atoms with E-state index in [0.717, 1.165) is 15.9 Å². The van der Waals surface area contributed by atoms with Crippen molar-refractivity contribution in [2.45, 2.75) is 6.42 Å². The van der Waals surface area contributed by atoms with Gasteiger partial charge in [0.1, 0.15) is 0 Å². The van der Waals surface area contributed by atoms with Crippen LogP contribution in [0.15, 0.2) is 22.7 Å². The Morgan fingerprint density at radius 3 is 2.88 bits per heavy atom. The lowest BCUT2D eigenvalue weighted by molar-refractivity contribution is -0.117. The Labute approximate surface area is 113 Å². The highest BCUT2D eigenvalue weighted by atomic mass is 79.9. The lowest BCUT2D eigenvalue weighted by Gasteiger charge is -2.18. The molecular weight excluding hydrogens is 310 g/mol. The number of halogens is 2. The highest BCUT2D eigenvalue weighted by Crippen LogP contribution is 2.33. The summed E-state index contributed by atoms with van der Waals surface area (Å²) in [5, 5.41) is 0.600. The smallest absolute Gasteiger partial charge is 0.227 e.